The quantitative estimate of drug-likeness (QED) is 0.549. The molecule has 88 valence electrons. The van der Waals surface area contributed by atoms with E-state index in [-0.39, 0.29) is 5.91 Å². The lowest BCUT2D eigenvalue weighted by Crippen LogP contribution is -2.67. The van der Waals surface area contributed by atoms with Gasteiger partial charge in [0.1, 0.15) is 0 Å². The monoisotopic (exact) mass is 253 g/mol. The van der Waals surface area contributed by atoms with Crippen LogP contribution in [0.3, 0.4) is 0 Å². The number of hydrogen-bond acceptors (Lipinski definition) is 3. The summed E-state index contributed by atoms with van der Waals surface area (Å²) in [5.41, 5.74) is 0. The lowest BCUT2D eigenvalue weighted by Gasteiger charge is -2.43. The van der Waals surface area contributed by atoms with E-state index in [9.17, 15) is 13.2 Å². The lowest BCUT2D eigenvalue weighted by molar-refractivity contribution is -0.132. The minimum atomic E-state index is -3.39. The van der Waals surface area contributed by atoms with Gasteiger partial charge in [-0.15, -0.1) is 11.6 Å². The second-order valence-corrected chi connectivity index (χ2v) is 6.93. The molecule has 6 heteroatoms. The van der Waals surface area contributed by atoms with Gasteiger partial charge >= 0.3 is 0 Å². The third-order valence-electron chi connectivity index (χ3n) is 2.67. The zero-order chi connectivity index (χ0) is 11.7. The normalized spacial score (nSPS) is 22.6. The fourth-order valence-electron chi connectivity index (χ4n) is 1.50. The van der Waals surface area contributed by atoms with Crippen LogP contribution in [0.5, 0.6) is 0 Å². The van der Waals surface area contributed by atoms with Gasteiger partial charge in [0.05, 0.1) is 0 Å². The Morgan fingerprint density at radius 2 is 1.87 bits per heavy atom. The van der Waals surface area contributed by atoms with Crippen molar-refractivity contribution < 1.29 is 13.2 Å². The summed E-state index contributed by atoms with van der Waals surface area (Å²) in [4.78, 5) is 11.5. The van der Waals surface area contributed by atoms with E-state index in [1.54, 1.807) is 0 Å². The molecule has 1 aliphatic heterocycles. The van der Waals surface area contributed by atoms with Gasteiger partial charge in [-0.1, -0.05) is 6.42 Å². The third-order valence-corrected chi connectivity index (χ3v) is 5.33. The zero-order valence-electron chi connectivity index (χ0n) is 8.99. The molecule has 1 aliphatic rings. The Kier molecular flexibility index (Phi) is 3.66. The number of amides is 1. The fourth-order valence-corrected chi connectivity index (χ4v) is 3.26. The summed E-state index contributed by atoms with van der Waals surface area (Å²) < 4.78 is 23.0. The average molecular weight is 254 g/mol. The van der Waals surface area contributed by atoms with Gasteiger partial charge in [-0.05, 0) is 26.7 Å². The molecule has 0 aromatic rings. The Labute approximate surface area is 95.6 Å². The molecule has 0 bridgehead atoms. The van der Waals surface area contributed by atoms with Crippen molar-refractivity contribution in [3.05, 3.63) is 0 Å². The number of halogens is 1. The summed E-state index contributed by atoms with van der Waals surface area (Å²) >= 11 is 5.50. The first kappa shape index (κ1) is 12.8. The van der Waals surface area contributed by atoms with Crippen molar-refractivity contribution in [1.82, 2.24) is 4.31 Å². The van der Waals surface area contributed by atoms with Gasteiger partial charge < -0.3 is 0 Å². The number of rotatable bonds is 5. The van der Waals surface area contributed by atoms with Crippen LogP contribution >= 0.6 is 11.6 Å². The van der Waals surface area contributed by atoms with E-state index in [1.165, 1.54) is 13.8 Å². The Balaban J connectivity index is 2.49. The summed E-state index contributed by atoms with van der Waals surface area (Å²) in [6.45, 7) is 3.18. The van der Waals surface area contributed by atoms with Crippen molar-refractivity contribution in [3.63, 3.8) is 0 Å². The summed E-state index contributed by atoms with van der Waals surface area (Å²) in [6, 6.07) is 0. The van der Waals surface area contributed by atoms with Crippen LogP contribution in [0.1, 0.15) is 33.1 Å². The molecule has 0 aromatic carbocycles. The van der Waals surface area contributed by atoms with E-state index in [2.05, 4.69) is 0 Å². The predicted octanol–water partition coefficient (Wildman–Crippen LogP) is 1.35. The minimum absolute atomic E-state index is 0.293. The molecule has 1 heterocycles. The molecule has 1 fully saturated rings. The van der Waals surface area contributed by atoms with Crippen molar-refractivity contribution in [3.8, 4) is 0 Å². The smallest absolute Gasteiger partial charge is 0.258 e. The van der Waals surface area contributed by atoms with Gasteiger partial charge in [0, 0.05) is 12.4 Å². The van der Waals surface area contributed by atoms with Crippen LogP contribution < -0.4 is 0 Å². The number of alkyl halides is 1. The molecule has 0 N–H and O–H groups in total. The number of carbonyl (C=O) groups excluding carboxylic acids is 1. The minimum Gasteiger partial charge on any atom is -0.272 e. The maximum absolute atomic E-state index is 11.6. The molecule has 4 nitrogen and oxygen atoms in total. The summed E-state index contributed by atoms with van der Waals surface area (Å²) in [6.07, 6.45) is 2.39. The molecule has 0 atom stereocenters. The van der Waals surface area contributed by atoms with Gasteiger partial charge in [-0.25, -0.2) is 12.7 Å². The van der Waals surface area contributed by atoms with Gasteiger partial charge in [-0.3, -0.25) is 4.79 Å². The van der Waals surface area contributed by atoms with Crippen LogP contribution in [0, 0.1) is 0 Å². The topological polar surface area (TPSA) is 54.5 Å². The molecule has 0 aliphatic carbocycles. The van der Waals surface area contributed by atoms with E-state index in [0.29, 0.717) is 18.8 Å². The molecule has 0 aromatic heterocycles. The average Bonchev–Trinajstić information content (AvgIpc) is 2.16. The first-order chi connectivity index (χ1) is 6.85. The number of unbranched alkanes of at least 4 members (excludes halogenated alkanes) is 2. The number of hydrogen-bond donors (Lipinski definition) is 0. The van der Waals surface area contributed by atoms with E-state index < -0.39 is 14.8 Å². The van der Waals surface area contributed by atoms with Gasteiger partial charge in [-0.2, -0.15) is 0 Å². The lowest BCUT2D eigenvalue weighted by atomic mass is 10.1. The first-order valence-electron chi connectivity index (χ1n) is 4.98. The van der Waals surface area contributed by atoms with E-state index >= 15 is 0 Å². The molecule has 0 spiro atoms. The Morgan fingerprint density at radius 1 is 1.27 bits per heavy atom. The van der Waals surface area contributed by atoms with Gasteiger partial charge in [0.25, 0.3) is 15.9 Å². The van der Waals surface area contributed by atoms with Gasteiger partial charge in [0.2, 0.25) is 0 Å². The second-order valence-electron chi connectivity index (χ2n) is 4.14. The maximum atomic E-state index is 11.6. The number of carbonyl (C=O) groups is 1. The molecular weight excluding hydrogens is 238 g/mol. The second kappa shape index (κ2) is 4.29. The summed E-state index contributed by atoms with van der Waals surface area (Å²) in [5.74, 6) is 0.278. The summed E-state index contributed by atoms with van der Waals surface area (Å²) in [5, 5.41) is 0. The third kappa shape index (κ3) is 1.99. The number of sulfonamides is 1. The van der Waals surface area contributed by atoms with E-state index in [4.69, 9.17) is 11.6 Å². The van der Waals surface area contributed by atoms with E-state index in [1.807, 2.05) is 0 Å². The van der Waals surface area contributed by atoms with Crippen molar-refractivity contribution >= 4 is 27.5 Å². The Hall–Kier alpha value is -0.290. The predicted molar refractivity (Wildman–Crippen MR) is 59.3 cm³/mol. The fraction of sp³-hybridized carbons (Fsp3) is 0.889. The first-order valence-corrected chi connectivity index (χ1v) is 6.96. The van der Waals surface area contributed by atoms with E-state index in [0.717, 1.165) is 17.1 Å². The standard InChI is InChI=1S/C9H16ClNO3S/c1-9(2)8(12)11(15(9,13)14)7-5-3-4-6-10/h3-7H2,1-2H3. The highest BCUT2D eigenvalue weighted by atomic mass is 35.5. The highest BCUT2D eigenvalue weighted by molar-refractivity contribution is 7.94. The largest absolute Gasteiger partial charge is 0.272 e. The van der Waals surface area contributed by atoms with Gasteiger partial charge in [0.15, 0.2) is 4.75 Å². The van der Waals surface area contributed by atoms with Crippen LogP contribution in [0.4, 0.5) is 0 Å². The van der Waals surface area contributed by atoms with Crippen LogP contribution in [-0.2, 0) is 14.8 Å². The molecule has 1 saturated heterocycles. The Morgan fingerprint density at radius 3 is 2.33 bits per heavy atom. The molecule has 0 unspecified atom stereocenters. The maximum Gasteiger partial charge on any atom is 0.258 e. The number of nitrogens with zero attached hydrogens (tertiary/aromatic N) is 1. The van der Waals surface area contributed by atoms with Crippen LogP contribution in [-0.4, -0.2) is 35.8 Å². The van der Waals surface area contributed by atoms with Crippen LogP contribution in [0.25, 0.3) is 0 Å². The molecule has 0 saturated carbocycles. The van der Waals surface area contributed by atoms with Crippen LogP contribution in [0.2, 0.25) is 0 Å². The zero-order valence-corrected chi connectivity index (χ0v) is 10.6. The molecule has 1 amide bonds. The Bertz CT molecular complexity index is 350. The van der Waals surface area contributed by atoms with Crippen molar-refractivity contribution in [2.75, 3.05) is 12.4 Å². The van der Waals surface area contributed by atoms with Crippen molar-refractivity contribution in [2.24, 2.45) is 0 Å². The molecule has 0 radical (unpaired) electrons. The molecular formula is C9H16ClNO3S. The van der Waals surface area contributed by atoms with Crippen molar-refractivity contribution in [1.29, 1.82) is 0 Å². The molecule has 15 heavy (non-hydrogen) atoms. The van der Waals surface area contributed by atoms with Crippen LogP contribution in [0.15, 0.2) is 0 Å². The molecule has 1 rings (SSSR count). The highest BCUT2D eigenvalue weighted by Gasteiger charge is 2.59. The highest BCUT2D eigenvalue weighted by Crippen LogP contribution is 2.34. The summed E-state index contributed by atoms with van der Waals surface area (Å²) in [7, 11) is -3.39. The SMILES string of the molecule is CC1(C)C(=O)N(CCCCCCl)S1(=O)=O. The van der Waals surface area contributed by atoms with Crippen molar-refractivity contribution in [2.45, 2.75) is 37.9 Å².